The monoisotopic (exact) mass is 275 g/mol. The van der Waals surface area contributed by atoms with Gasteiger partial charge in [0.1, 0.15) is 0 Å². The molecule has 2 aromatic rings. The van der Waals surface area contributed by atoms with Gasteiger partial charge in [0.25, 0.3) is 0 Å². The predicted molar refractivity (Wildman–Crippen MR) is 81.4 cm³/mol. The average molecular weight is 275 g/mol. The Balaban J connectivity index is 1.95. The van der Waals surface area contributed by atoms with Gasteiger partial charge in [-0.25, -0.2) is 4.98 Å². The van der Waals surface area contributed by atoms with Crippen LogP contribution >= 0.6 is 11.3 Å². The lowest BCUT2D eigenvalue weighted by Crippen LogP contribution is -2.28. The van der Waals surface area contributed by atoms with Crippen LogP contribution in [0.25, 0.3) is 0 Å². The van der Waals surface area contributed by atoms with E-state index in [4.69, 9.17) is 5.73 Å². The van der Waals surface area contributed by atoms with E-state index in [-0.39, 0.29) is 0 Å². The molecule has 3 nitrogen and oxygen atoms in total. The number of hydrogen-bond donors (Lipinski definition) is 1. The number of hydrogen-bond acceptors (Lipinski definition) is 4. The molecule has 0 saturated heterocycles. The first-order valence-corrected chi connectivity index (χ1v) is 7.41. The summed E-state index contributed by atoms with van der Waals surface area (Å²) in [7, 11) is 2.13. The highest BCUT2D eigenvalue weighted by molar-refractivity contribution is 7.09. The third kappa shape index (κ3) is 4.13. The molecule has 0 radical (unpaired) electrons. The van der Waals surface area contributed by atoms with Crippen molar-refractivity contribution >= 4 is 11.3 Å². The van der Waals surface area contributed by atoms with Crippen LogP contribution in [0.2, 0.25) is 0 Å². The van der Waals surface area contributed by atoms with E-state index in [1.165, 1.54) is 5.56 Å². The maximum atomic E-state index is 5.91. The number of aromatic nitrogens is 1. The number of rotatable bonds is 6. The van der Waals surface area contributed by atoms with E-state index >= 15 is 0 Å². The number of aryl methyl sites for hydroxylation is 1. The second kappa shape index (κ2) is 6.80. The van der Waals surface area contributed by atoms with Gasteiger partial charge in [0, 0.05) is 30.9 Å². The molecule has 19 heavy (non-hydrogen) atoms. The van der Waals surface area contributed by atoms with E-state index < -0.39 is 0 Å². The highest BCUT2D eigenvalue weighted by atomic mass is 32.1. The minimum atomic E-state index is 0.380. The molecule has 0 amide bonds. The Labute approximate surface area is 119 Å². The fraction of sp³-hybridized carbons (Fsp3) is 0.400. The van der Waals surface area contributed by atoms with Crippen LogP contribution in [0.4, 0.5) is 0 Å². The molecular weight excluding hydrogens is 254 g/mol. The van der Waals surface area contributed by atoms with Crippen LogP contribution in [-0.2, 0) is 6.54 Å². The van der Waals surface area contributed by atoms with Crippen molar-refractivity contribution in [1.82, 2.24) is 9.88 Å². The van der Waals surface area contributed by atoms with Gasteiger partial charge in [0.2, 0.25) is 0 Å². The summed E-state index contributed by atoms with van der Waals surface area (Å²) in [6.45, 7) is 4.55. The van der Waals surface area contributed by atoms with Gasteiger partial charge in [0.05, 0.1) is 10.7 Å². The molecular formula is C15H21N3S. The molecule has 1 unspecified atom stereocenters. The van der Waals surface area contributed by atoms with Gasteiger partial charge in [0.15, 0.2) is 0 Å². The van der Waals surface area contributed by atoms with Crippen LogP contribution in [0.1, 0.15) is 22.2 Å². The summed E-state index contributed by atoms with van der Waals surface area (Å²) in [4.78, 5) is 6.79. The first-order chi connectivity index (χ1) is 9.19. The Bertz CT molecular complexity index is 495. The van der Waals surface area contributed by atoms with Crippen LogP contribution in [0.15, 0.2) is 35.7 Å². The van der Waals surface area contributed by atoms with Crippen molar-refractivity contribution in [2.75, 3.05) is 20.1 Å². The van der Waals surface area contributed by atoms with Crippen LogP contribution in [0, 0.1) is 6.92 Å². The van der Waals surface area contributed by atoms with Crippen molar-refractivity contribution in [2.24, 2.45) is 5.73 Å². The second-order valence-electron chi connectivity index (χ2n) is 4.90. The normalized spacial score (nSPS) is 12.8. The van der Waals surface area contributed by atoms with Gasteiger partial charge in [-0.1, -0.05) is 30.3 Å². The number of thiazole rings is 1. The molecule has 4 heteroatoms. The lowest BCUT2D eigenvalue weighted by Gasteiger charge is -2.22. The Morgan fingerprint density at radius 3 is 2.63 bits per heavy atom. The minimum absolute atomic E-state index is 0.380. The van der Waals surface area contributed by atoms with E-state index in [0.717, 1.165) is 23.8 Å². The Kier molecular flexibility index (Phi) is 5.07. The summed E-state index contributed by atoms with van der Waals surface area (Å²) in [5.41, 5.74) is 8.37. The Morgan fingerprint density at radius 2 is 2.05 bits per heavy atom. The molecule has 1 heterocycles. The summed E-state index contributed by atoms with van der Waals surface area (Å²) < 4.78 is 0. The van der Waals surface area contributed by atoms with E-state index in [2.05, 4.69) is 46.6 Å². The summed E-state index contributed by atoms with van der Waals surface area (Å²) in [5.74, 6) is 0.380. The lowest BCUT2D eigenvalue weighted by atomic mass is 9.99. The van der Waals surface area contributed by atoms with Gasteiger partial charge < -0.3 is 5.73 Å². The van der Waals surface area contributed by atoms with Crippen molar-refractivity contribution in [3.8, 4) is 0 Å². The van der Waals surface area contributed by atoms with Gasteiger partial charge in [-0.05, 0) is 19.5 Å². The van der Waals surface area contributed by atoms with Crippen molar-refractivity contribution < 1.29 is 0 Å². The molecule has 2 N–H and O–H groups in total. The maximum absolute atomic E-state index is 5.91. The number of nitrogens with two attached hydrogens (primary N) is 1. The molecule has 0 spiro atoms. The molecule has 0 saturated carbocycles. The molecule has 1 aromatic heterocycles. The van der Waals surface area contributed by atoms with Crippen LogP contribution in [0.5, 0.6) is 0 Å². The zero-order valence-corrected chi connectivity index (χ0v) is 12.4. The van der Waals surface area contributed by atoms with Crippen LogP contribution in [-0.4, -0.2) is 30.0 Å². The molecule has 1 aromatic carbocycles. The minimum Gasteiger partial charge on any atom is -0.330 e. The zero-order chi connectivity index (χ0) is 13.7. The fourth-order valence-corrected chi connectivity index (χ4v) is 2.84. The third-order valence-corrected chi connectivity index (χ3v) is 4.01. The first kappa shape index (κ1) is 14.2. The largest absolute Gasteiger partial charge is 0.330 e. The molecule has 0 aliphatic rings. The highest BCUT2D eigenvalue weighted by Crippen LogP contribution is 2.17. The lowest BCUT2D eigenvalue weighted by molar-refractivity contribution is 0.302. The summed E-state index contributed by atoms with van der Waals surface area (Å²) in [5, 5.41) is 3.26. The quantitative estimate of drug-likeness (QED) is 0.881. The first-order valence-electron chi connectivity index (χ1n) is 6.53. The van der Waals surface area contributed by atoms with Gasteiger partial charge >= 0.3 is 0 Å². The van der Waals surface area contributed by atoms with Crippen molar-refractivity contribution in [3.63, 3.8) is 0 Å². The molecule has 102 valence electrons. The van der Waals surface area contributed by atoms with Crippen molar-refractivity contribution in [1.29, 1.82) is 0 Å². The van der Waals surface area contributed by atoms with E-state index in [1.54, 1.807) is 11.3 Å². The van der Waals surface area contributed by atoms with Crippen LogP contribution < -0.4 is 5.73 Å². The van der Waals surface area contributed by atoms with Gasteiger partial charge in [-0.15, -0.1) is 11.3 Å². The maximum Gasteiger partial charge on any atom is 0.0897 e. The molecule has 0 aliphatic carbocycles. The molecule has 0 fully saturated rings. The Hall–Kier alpha value is -1.23. The van der Waals surface area contributed by atoms with E-state index in [1.807, 2.05) is 13.0 Å². The average Bonchev–Trinajstić information content (AvgIpc) is 2.82. The van der Waals surface area contributed by atoms with Crippen LogP contribution in [0.3, 0.4) is 0 Å². The SMILES string of the molecule is Cc1nc(CN(C)CC(CN)c2ccccc2)cs1. The number of benzene rings is 1. The van der Waals surface area contributed by atoms with Gasteiger partial charge in [-0.2, -0.15) is 0 Å². The topological polar surface area (TPSA) is 42.2 Å². The summed E-state index contributed by atoms with van der Waals surface area (Å²) in [6, 6.07) is 10.5. The van der Waals surface area contributed by atoms with Crippen molar-refractivity contribution in [2.45, 2.75) is 19.4 Å². The van der Waals surface area contributed by atoms with Crippen molar-refractivity contribution in [3.05, 3.63) is 52.0 Å². The summed E-state index contributed by atoms with van der Waals surface area (Å²) >= 11 is 1.70. The standard InChI is InChI=1S/C15H21N3S/c1-12-17-15(11-19-12)10-18(2)9-14(8-16)13-6-4-3-5-7-13/h3-7,11,14H,8-10,16H2,1-2H3. The third-order valence-electron chi connectivity index (χ3n) is 3.19. The predicted octanol–water partition coefficient (Wildman–Crippen LogP) is 2.63. The smallest absolute Gasteiger partial charge is 0.0897 e. The number of likely N-dealkylation sites (N-methyl/N-ethyl adjacent to an activating group) is 1. The van der Waals surface area contributed by atoms with E-state index in [9.17, 15) is 0 Å². The molecule has 0 bridgehead atoms. The second-order valence-corrected chi connectivity index (χ2v) is 5.96. The molecule has 1 atom stereocenters. The number of nitrogens with zero attached hydrogens (tertiary/aromatic N) is 2. The van der Waals surface area contributed by atoms with Gasteiger partial charge in [-0.3, -0.25) is 4.90 Å². The Morgan fingerprint density at radius 1 is 1.32 bits per heavy atom. The summed E-state index contributed by atoms with van der Waals surface area (Å²) in [6.07, 6.45) is 0. The molecule has 2 rings (SSSR count). The zero-order valence-electron chi connectivity index (χ0n) is 11.5. The highest BCUT2D eigenvalue weighted by Gasteiger charge is 2.13. The fourth-order valence-electron chi connectivity index (χ4n) is 2.24. The van der Waals surface area contributed by atoms with E-state index in [0.29, 0.717) is 12.5 Å². The molecule has 0 aliphatic heterocycles.